The molecule has 19 heavy (non-hydrogen) atoms. The first kappa shape index (κ1) is 14.6. The molecular formula is C13H15N3O3. The van der Waals surface area contributed by atoms with E-state index >= 15 is 0 Å². The smallest absolute Gasteiger partial charge is 0.267 e. The van der Waals surface area contributed by atoms with Crippen molar-refractivity contribution in [1.29, 1.82) is 0 Å². The van der Waals surface area contributed by atoms with Crippen LogP contribution in [0.4, 0.5) is 5.69 Å². The van der Waals surface area contributed by atoms with Crippen molar-refractivity contribution in [3.8, 4) is 0 Å². The first-order valence-electron chi connectivity index (χ1n) is 5.74. The predicted molar refractivity (Wildman–Crippen MR) is 73.1 cm³/mol. The van der Waals surface area contributed by atoms with Crippen molar-refractivity contribution in [2.45, 2.75) is 19.8 Å². The Kier molecular flexibility index (Phi) is 5.40. The van der Waals surface area contributed by atoms with Crippen molar-refractivity contribution < 1.29 is 9.72 Å². The number of carbonyl (C=O) groups is 1. The second-order valence-corrected chi connectivity index (χ2v) is 3.89. The van der Waals surface area contributed by atoms with E-state index in [9.17, 15) is 14.9 Å². The number of benzene rings is 1. The lowest BCUT2D eigenvalue weighted by Crippen LogP contribution is -2.20. The minimum atomic E-state index is -0.594. The number of carbonyl (C=O) groups excluding carboxylic acids is 1. The average molecular weight is 261 g/mol. The fourth-order valence-electron chi connectivity index (χ4n) is 1.40. The van der Waals surface area contributed by atoms with Gasteiger partial charge < -0.3 is 0 Å². The first-order chi connectivity index (χ1) is 9.06. The summed E-state index contributed by atoms with van der Waals surface area (Å²) in [5.74, 6) is -0.592. The Bertz CT molecular complexity index is 524. The summed E-state index contributed by atoms with van der Waals surface area (Å²) in [5.41, 5.74) is 2.80. The van der Waals surface area contributed by atoms with Crippen LogP contribution in [0.2, 0.25) is 0 Å². The number of para-hydroxylation sites is 1. The Morgan fingerprint density at radius 1 is 1.53 bits per heavy atom. The molecule has 0 bridgehead atoms. The molecule has 6 heteroatoms. The second kappa shape index (κ2) is 7.05. The molecule has 1 N–H and O–H groups in total. The molecule has 0 atom stereocenters. The van der Waals surface area contributed by atoms with Crippen molar-refractivity contribution in [2.24, 2.45) is 5.10 Å². The monoisotopic (exact) mass is 261 g/mol. The lowest BCUT2D eigenvalue weighted by atomic mass is 10.2. The molecular weight excluding hydrogens is 246 g/mol. The lowest BCUT2D eigenvalue weighted by molar-refractivity contribution is -0.385. The van der Waals surface area contributed by atoms with E-state index in [1.165, 1.54) is 18.2 Å². The molecule has 0 radical (unpaired) electrons. The van der Waals surface area contributed by atoms with Gasteiger partial charge in [-0.25, -0.2) is 5.43 Å². The Morgan fingerprint density at radius 3 is 2.84 bits per heavy atom. The number of nitro groups is 1. The molecule has 1 rings (SSSR count). The van der Waals surface area contributed by atoms with Crippen molar-refractivity contribution in [3.05, 3.63) is 52.6 Å². The molecule has 0 aliphatic rings. The molecule has 0 unspecified atom stereocenters. The van der Waals surface area contributed by atoms with Gasteiger partial charge in [0.2, 0.25) is 0 Å². The van der Waals surface area contributed by atoms with Crippen molar-refractivity contribution in [3.63, 3.8) is 0 Å². The van der Waals surface area contributed by atoms with Gasteiger partial charge in [-0.3, -0.25) is 14.9 Å². The minimum absolute atomic E-state index is 0.00669. The molecule has 1 aromatic carbocycles. The van der Waals surface area contributed by atoms with E-state index in [2.05, 4.69) is 17.1 Å². The van der Waals surface area contributed by atoms with Crippen molar-refractivity contribution >= 4 is 17.3 Å². The van der Waals surface area contributed by atoms with Crippen LogP contribution in [0.1, 0.15) is 30.1 Å². The summed E-state index contributed by atoms with van der Waals surface area (Å²) in [6.45, 7) is 5.36. The molecule has 0 aromatic heterocycles. The molecule has 6 nitrogen and oxygen atoms in total. The Hall–Kier alpha value is -2.50. The standard InChI is InChI=1S/C13H15N3O3/c1-3-4-7-10(2)14-15-13(17)11-8-5-6-9-12(11)16(18)19/h3,5-6,8-9H,1,4,7H2,2H3,(H,15,17)/b14-10-. The van der Waals surface area contributed by atoms with E-state index in [0.717, 1.165) is 12.1 Å². The lowest BCUT2D eigenvalue weighted by Gasteiger charge is -2.02. The van der Waals surface area contributed by atoms with Crippen LogP contribution in [0.5, 0.6) is 0 Å². The maximum absolute atomic E-state index is 11.8. The summed E-state index contributed by atoms with van der Waals surface area (Å²) < 4.78 is 0. The van der Waals surface area contributed by atoms with E-state index in [4.69, 9.17) is 0 Å². The van der Waals surface area contributed by atoms with Gasteiger partial charge in [-0.1, -0.05) is 18.2 Å². The fraction of sp³-hybridized carbons (Fsp3) is 0.231. The molecule has 0 spiro atoms. The summed E-state index contributed by atoms with van der Waals surface area (Å²) in [6.07, 6.45) is 3.19. The van der Waals surface area contributed by atoms with Crippen LogP contribution < -0.4 is 5.43 Å². The third kappa shape index (κ3) is 4.34. The van der Waals surface area contributed by atoms with Gasteiger partial charge in [-0.05, 0) is 25.8 Å². The Labute approximate surface area is 111 Å². The number of rotatable bonds is 6. The van der Waals surface area contributed by atoms with Crippen LogP contribution in [0.25, 0.3) is 0 Å². The maximum atomic E-state index is 11.8. The predicted octanol–water partition coefficient (Wildman–Crippen LogP) is 2.67. The zero-order valence-electron chi connectivity index (χ0n) is 10.6. The number of amides is 1. The van der Waals surface area contributed by atoms with E-state index < -0.39 is 10.8 Å². The van der Waals surface area contributed by atoms with Gasteiger partial charge >= 0.3 is 0 Å². The van der Waals surface area contributed by atoms with Crippen LogP contribution in [-0.4, -0.2) is 16.5 Å². The van der Waals surface area contributed by atoms with E-state index in [1.807, 2.05) is 0 Å². The topological polar surface area (TPSA) is 84.6 Å². The van der Waals surface area contributed by atoms with Gasteiger partial charge in [0.1, 0.15) is 5.56 Å². The summed E-state index contributed by atoms with van der Waals surface area (Å²) >= 11 is 0. The average Bonchev–Trinajstić information content (AvgIpc) is 2.42. The largest absolute Gasteiger partial charge is 0.282 e. The number of nitrogens with one attached hydrogen (secondary N) is 1. The second-order valence-electron chi connectivity index (χ2n) is 3.89. The highest BCUT2D eigenvalue weighted by molar-refractivity contribution is 5.98. The molecule has 100 valence electrons. The number of hydrogen-bond donors (Lipinski definition) is 1. The zero-order chi connectivity index (χ0) is 14.3. The number of hydrazone groups is 1. The highest BCUT2D eigenvalue weighted by Gasteiger charge is 2.18. The quantitative estimate of drug-likeness (QED) is 0.370. The van der Waals surface area contributed by atoms with Gasteiger partial charge in [-0.2, -0.15) is 5.10 Å². The highest BCUT2D eigenvalue weighted by atomic mass is 16.6. The van der Waals surface area contributed by atoms with Crippen molar-refractivity contribution in [2.75, 3.05) is 0 Å². The molecule has 0 fully saturated rings. The van der Waals surface area contributed by atoms with Gasteiger partial charge in [-0.15, -0.1) is 6.58 Å². The minimum Gasteiger partial charge on any atom is -0.267 e. The molecule has 0 saturated carbocycles. The van der Waals surface area contributed by atoms with Gasteiger partial charge in [0.25, 0.3) is 11.6 Å². The van der Waals surface area contributed by atoms with Crippen LogP contribution in [-0.2, 0) is 0 Å². The maximum Gasteiger partial charge on any atom is 0.282 e. The first-order valence-corrected chi connectivity index (χ1v) is 5.74. The van der Waals surface area contributed by atoms with Crippen LogP contribution in [0, 0.1) is 10.1 Å². The molecule has 0 aliphatic carbocycles. The van der Waals surface area contributed by atoms with Crippen LogP contribution in [0.15, 0.2) is 42.0 Å². The highest BCUT2D eigenvalue weighted by Crippen LogP contribution is 2.17. The van der Waals surface area contributed by atoms with Crippen LogP contribution in [0.3, 0.4) is 0 Å². The summed E-state index contributed by atoms with van der Waals surface area (Å²) in [7, 11) is 0. The summed E-state index contributed by atoms with van der Waals surface area (Å²) in [5, 5.41) is 14.7. The van der Waals surface area contributed by atoms with Gasteiger partial charge in [0.15, 0.2) is 0 Å². The zero-order valence-corrected chi connectivity index (χ0v) is 10.6. The SMILES string of the molecule is C=CCC/C(C)=N\NC(=O)c1ccccc1[N+](=O)[O-]. The third-order valence-corrected chi connectivity index (χ3v) is 2.40. The normalized spacial score (nSPS) is 10.9. The van der Waals surface area contributed by atoms with Crippen molar-refractivity contribution in [1.82, 2.24) is 5.43 Å². The molecule has 0 saturated heterocycles. The van der Waals surface area contributed by atoms with E-state index in [1.54, 1.807) is 19.1 Å². The summed E-state index contributed by atoms with van der Waals surface area (Å²) in [4.78, 5) is 22.0. The van der Waals surface area contributed by atoms with Crippen LogP contribution >= 0.6 is 0 Å². The molecule has 1 aromatic rings. The van der Waals surface area contributed by atoms with Gasteiger partial charge in [0, 0.05) is 11.8 Å². The number of nitrogens with zero attached hydrogens (tertiary/aromatic N) is 2. The summed E-state index contributed by atoms with van der Waals surface area (Å²) in [6, 6.07) is 5.75. The molecule has 0 aliphatic heterocycles. The molecule has 0 heterocycles. The molecule has 1 amide bonds. The third-order valence-electron chi connectivity index (χ3n) is 2.40. The Morgan fingerprint density at radius 2 is 2.21 bits per heavy atom. The number of allylic oxidation sites excluding steroid dienone is 1. The van der Waals surface area contributed by atoms with Gasteiger partial charge in [0.05, 0.1) is 4.92 Å². The fourth-order valence-corrected chi connectivity index (χ4v) is 1.40. The van der Waals surface area contributed by atoms with E-state index in [-0.39, 0.29) is 11.3 Å². The number of nitro benzene ring substituents is 1. The van der Waals surface area contributed by atoms with E-state index in [0.29, 0.717) is 6.42 Å². The number of hydrogen-bond acceptors (Lipinski definition) is 4. The Balaban J connectivity index is 2.79.